The van der Waals surface area contributed by atoms with Crippen molar-refractivity contribution in [3.8, 4) is 22.6 Å². The second-order valence-electron chi connectivity index (χ2n) is 7.22. The third kappa shape index (κ3) is 7.04. The Bertz CT molecular complexity index is 1200. The highest BCUT2D eigenvalue weighted by Gasteiger charge is 2.17. The molecule has 3 aromatic rings. The molecule has 186 valence electrons. The van der Waals surface area contributed by atoms with E-state index in [1.54, 1.807) is 7.11 Å². The lowest BCUT2D eigenvalue weighted by atomic mass is 10.0. The van der Waals surface area contributed by atoms with E-state index in [1.165, 1.54) is 30.3 Å². The zero-order valence-electron chi connectivity index (χ0n) is 18.5. The lowest BCUT2D eigenvalue weighted by Gasteiger charge is -2.15. The van der Waals surface area contributed by atoms with Crippen molar-refractivity contribution in [1.29, 1.82) is 0 Å². The predicted molar refractivity (Wildman–Crippen MR) is 130 cm³/mol. The van der Waals surface area contributed by atoms with Gasteiger partial charge in [0, 0.05) is 43.0 Å². The molecule has 0 bridgehead atoms. The molecule has 0 aliphatic carbocycles. The van der Waals surface area contributed by atoms with Gasteiger partial charge in [-0.05, 0) is 48.3 Å². The van der Waals surface area contributed by atoms with Gasteiger partial charge in [0.25, 0.3) is 0 Å². The molecule has 0 aromatic heterocycles. The Morgan fingerprint density at radius 3 is 2.54 bits per heavy atom. The molecule has 3 N–H and O–H groups in total. The minimum Gasteiger partial charge on any atom is -0.505 e. The molecular formula is C24H22ClF3N2O4S. The fourth-order valence-electron chi connectivity index (χ4n) is 3.05. The summed E-state index contributed by atoms with van der Waals surface area (Å²) in [7, 11) is 1.59. The van der Waals surface area contributed by atoms with E-state index in [9.17, 15) is 23.1 Å². The number of halogens is 4. The van der Waals surface area contributed by atoms with E-state index in [-0.39, 0.29) is 50.4 Å². The van der Waals surface area contributed by atoms with Crippen LogP contribution in [-0.2, 0) is 4.74 Å². The average molecular weight is 527 g/mol. The number of benzene rings is 3. The Hall–Kier alpha value is -2.92. The number of ether oxygens (including phenoxy) is 2. The largest absolute Gasteiger partial charge is 0.505 e. The monoisotopic (exact) mass is 526 g/mol. The third-order valence-electron chi connectivity index (χ3n) is 4.77. The summed E-state index contributed by atoms with van der Waals surface area (Å²) in [5.74, 6) is -2.55. The number of rotatable bonds is 12. The van der Waals surface area contributed by atoms with Crippen molar-refractivity contribution >= 4 is 35.5 Å². The Labute approximate surface area is 209 Å². The van der Waals surface area contributed by atoms with E-state index >= 15 is 0 Å². The van der Waals surface area contributed by atoms with Crippen LogP contribution in [0.25, 0.3) is 11.1 Å². The topological polar surface area (TPSA) is 79.8 Å². The van der Waals surface area contributed by atoms with Crippen LogP contribution in [0.5, 0.6) is 11.5 Å². The van der Waals surface area contributed by atoms with E-state index in [1.807, 2.05) is 0 Å². The number of nitrogens with one attached hydrogen (secondary N) is 2. The Balaban J connectivity index is 1.85. The molecule has 0 radical (unpaired) electrons. The van der Waals surface area contributed by atoms with Gasteiger partial charge >= 0.3 is 0 Å². The summed E-state index contributed by atoms with van der Waals surface area (Å²) in [6.07, 6.45) is 0.546. The van der Waals surface area contributed by atoms with Gasteiger partial charge in [0.2, 0.25) is 0 Å². The van der Waals surface area contributed by atoms with Crippen LogP contribution in [0.15, 0.2) is 47.4 Å². The number of phenols is 1. The summed E-state index contributed by atoms with van der Waals surface area (Å²) in [5.41, 5.74) is 0.0621. The van der Waals surface area contributed by atoms with Crippen LogP contribution in [0.2, 0.25) is 5.02 Å². The first-order valence-corrected chi connectivity index (χ1v) is 11.6. The van der Waals surface area contributed by atoms with Crippen molar-refractivity contribution < 1.29 is 32.5 Å². The number of phenolic OH excluding ortho intramolecular Hbond substituents is 1. The number of carbonyl (C=O) groups excluding carboxylic acids is 1. The maximum absolute atomic E-state index is 14.8. The fourth-order valence-corrected chi connectivity index (χ4v) is 4.12. The molecule has 11 heteroatoms. The van der Waals surface area contributed by atoms with Crippen LogP contribution in [-0.4, -0.2) is 44.8 Å². The molecule has 0 atom stereocenters. The van der Waals surface area contributed by atoms with Crippen molar-refractivity contribution in [3.05, 3.63) is 70.5 Å². The molecule has 35 heavy (non-hydrogen) atoms. The fraction of sp³-hybridized carbons (Fsp3) is 0.208. The van der Waals surface area contributed by atoms with Gasteiger partial charge in [-0.15, -0.1) is 0 Å². The van der Waals surface area contributed by atoms with Gasteiger partial charge < -0.3 is 24.6 Å². The number of carbonyl (C=O) groups is 1. The van der Waals surface area contributed by atoms with Crippen LogP contribution in [0.4, 0.5) is 18.9 Å². The third-order valence-corrected chi connectivity index (χ3v) is 5.91. The molecule has 6 nitrogen and oxygen atoms in total. The highest BCUT2D eigenvalue weighted by atomic mass is 35.5. The number of aromatic hydroxyl groups is 1. The number of hydrogen-bond acceptors (Lipinski definition) is 7. The quantitative estimate of drug-likeness (QED) is 0.159. The smallest absolute Gasteiger partial charge is 0.150 e. The van der Waals surface area contributed by atoms with Gasteiger partial charge in [-0.2, -0.15) is 0 Å². The maximum Gasteiger partial charge on any atom is 0.150 e. The van der Waals surface area contributed by atoms with Gasteiger partial charge in [-0.3, -0.25) is 4.79 Å². The summed E-state index contributed by atoms with van der Waals surface area (Å²) in [6.45, 7) is 1.84. The van der Waals surface area contributed by atoms with Crippen LogP contribution in [0, 0.1) is 17.5 Å². The van der Waals surface area contributed by atoms with Gasteiger partial charge in [-0.1, -0.05) is 11.6 Å². The lowest BCUT2D eigenvalue weighted by molar-refractivity contribution is 0.112. The zero-order valence-corrected chi connectivity index (χ0v) is 20.1. The number of anilines is 1. The molecule has 0 saturated heterocycles. The van der Waals surface area contributed by atoms with E-state index in [2.05, 4.69) is 10.0 Å². The Kier molecular flexibility index (Phi) is 9.67. The van der Waals surface area contributed by atoms with Crippen molar-refractivity contribution in [1.82, 2.24) is 5.32 Å². The first-order valence-electron chi connectivity index (χ1n) is 10.4. The molecule has 0 spiro atoms. The molecule has 0 aliphatic rings. The minimum atomic E-state index is -0.919. The van der Waals surface area contributed by atoms with Crippen LogP contribution >= 0.6 is 23.5 Å². The van der Waals surface area contributed by atoms with E-state index in [4.69, 9.17) is 21.1 Å². The van der Waals surface area contributed by atoms with Crippen LogP contribution < -0.4 is 14.8 Å². The average Bonchev–Trinajstić information content (AvgIpc) is 2.83. The lowest BCUT2D eigenvalue weighted by Crippen LogP contribution is -2.24. The standard InChI is InChI=1S/C24H22ClF3N2O4S/c1-33-6-4-29-5-7-34-22-3-2-15(26)10-17(22)16-11-21(20(28)12-19(16)27)30-35-23-9-14(13-31)8-18(25)24(23)32/h2-3,8-13,29-30,32H,4-7H2,1H3. The van der Waals surface area contributed by atoms with E-state index < -0.39 is 17.5 Å². The van der Waals surface area contributed by atoms with Gasteiger partial charge in [0.15, 0.2) is 0 Å². The number of hydrogen-bond donors (Lipinski definition) is 3. The van der Waals surface area contributed by atoms with Crippen LogP contribution in [0.1, 0.15) is 10.4 Å². The van der Waals surface area contributed by atoms with Crippen molar-refractivity contribution in [3.63, 3.8) is 0 Å². The number of methoxy groups -OCH3 is 1. The van der Waals surface area contributed by atoms with Crippen LogP contribution in [0.3, 0.4) is 0 Å². The highest BCUT2D eigenvalue weighted by molar-refractivity contribution is 8.00. The van der Waals surface area contributed by atoms with E-state index in [0.717, 1.165) is 18.0 Å². The molecule has 0 saturated carbocycles. The summed E-state index contributed by atoms with van der Waals surface area (Å²) in [6, 6.07) is 8.11. The highest BCUT2D eigenvalue weighted by Crippen LogP contribution is 2.39. The van der Waals surface area contributed by atoms with E-state index in [0.29, 0.717) is 32.0 Å². The SMILES string of the molecule is COCCNCCOc1ccc(F)cc1-c1cc(NSc2cc(C=O)cc(Cl)c2O)c(F)cc1F. The summed E-state index contributed by atoms with van der Waals surface area (Å²) in [4.78, 5) is 11.2. The first-order chi connectivity index (χ1) is 16.8. The molecule has 0 amide bonds. The van der Waals surface area contributed by atoms with Crippen molar-refractivity contribution in [2.45, 2.75) is 4.90 Å². The molecule has 0 unspecified atom stereocenters. The molecule has 3 rings (SSSR count). The molecule has 0 heterocycles. The second-order valence-corrected chi connectivity index (χ2v) is 8.47. The normalized spacial score (nSPS) is 10.9. The number of aldehydes is 1. The Morgan fingerprint density at radius 1 is 1.03 bits per heavy atom. The maximum atomic E-state index is 14.8. The summed E-state index contributed by atoms with van der Waals surface area (Å²) >= 11 is 6.68. The Morgan fingerprint density at radius 2 is 1.80 bits per heavy atom. The minimum absolute atomic E-state index is 0.0579. The molecule has 0 aliphatic heterocycles. The van der Waals surface area contributed by atoms with Gasteiger partial charge in [-0.25, -0.2) is 13.2 Å². The molecule has 3 aromatic carbocycles. The predicted octanol–water partition coefficient (Wildman–Crippen LogP) is 5.68. The molecular weight excluding hydrogens is 505 g/mol. The van der Waals surface area contributed by atoms with Crippen molar-refractivity contribution in [2.24, 2.45) is 0 Å². The molecule has 0 fully saturated rings. The van der Waals surface area contributed by atoms with Gasteiger partial charge in [0.1, 0.15) is 41.8 Å². The van der Waals surface area contributed by atoms with Gasteiger partial charge in [0.05, 0.1) is 22.2 Å². The second kappa shape index (κ2) is 12.7. The zero-order chi connectivity index (χ0) is 25.4. The first kappa shape index (κ1) is 26.7. The summed E-state index contributed by atoms with van der Waals surface area (Å²) in [5, 5.41) is 13.2. The van der Waals surface area contributed by atoms with Crippen molar-refractivity contribution in [2.75, 3.05) is 38.1 Å². The summed E-state index contributed by atoms with van der Waals surface area (Å²) < 4.78 is 56.6.